The van der Waals surface area contributed by atoms with Gasteiger partial charge in [0.25, 0.3) is 0 Å². The lowest BCUT2D eigenvalue weighted by molar-refractivity contribution is -0.123. The molecule has 4 heteroatoms. The third-order valence-corrected chi connectivity index (χ3v) is 3.75. The molecule has 88 valence electrons. The van der Waals surface area contributed by atoms with Crippen molar-refractivity contribution in [2.45, 2.75) is 38.3 Å². The van der Waals surface area contributed by atoms with Crippen LogP contribution in [0.25, 0.3) is 0 Å². The third kappa shape index (κ3) is 3.06. The van der Waals surface area contributed by atoms with E-state index in [1.807, 2.05) is 6.07 Å². The predicted molar refractivity (Wildman–Crippen MR) is 66.7 cm³/mol. The summed E-state index contributed by atoms with van der Waals surface area (Å²) in [5, 5.41) is 8.35. The summed E-state index contributed by atoms with van der Waals surface area (Å²) in [6, 6.07) is 4.41. The van der Waals surface area contributed by atoms with Crippen LogP contribution in [-0.2, 0) is 11.2 Å². The molecule has 1 unspecified atom stereocenters. The van der Waals surface area contributed by atoms with Crippen molar-refractivity contribution >= 4 is 17.2 Å². The van der Waals surface area contributed by atoms with E-state index in [1.165, 1.54) is 4.88 Å². The van der Waals surface area contributed by atoms with Crippen molar-refractivity contribution in [1.82, 2.24) is 10.6 Å². The zero-order valence-corrected chi connectivity index (χ0v) is 10.3. The van der Waals surface area contributed by atoms with Gasteiger partial charge in [0.05, 0.1) is 6.04 Å². The molecule has 2 heterocycles. The summed E-state index contributed by atoms with van der Waals surface area (Å²) in [6.45, 7) is 3.03. The second kappa shape index (κ2) is 5.46. The fourth-order valence-corrected chi connectivity index (χ4v) is 2.87. The summed E-state index contributed by atoms with van der Waals surface area (Å²) in [5.41, 5.74) is 0. The Hall–Kier alpha value is -0.870. The Bertz CT molecular complexity index is 331. The van der Waals surface area contributed by atoms with Crippen molar-refractivity contribution in [3.8, 4) is 0 Å². The summed E-state index contributed by atoms with van der Waals surface area (Å²) in [6.07, 6.45) is 3.01. The highest BCUT2D eigenvalue weighted by molar-refractivity contribution is 7.09. The van der Waals surface area contributed by atoms with Crippen LogP contribution in [0.2, 0.25) is 0 Å². The molecule has 1 aliphatic heterocycles. The zero-order chi connectivity index (χ0) is 11.4. The largest absolute Gasteiger partial charge is 0.352 e. The smallest absolute Gasteiger partial charge is 0.237 e. The molecule has 0 spiro atoms. The van der Waals surface area contributed by atoms with Crippen LogP contribution < -0.4 is 10.6 Å². The molecule has 0 aliphatic carbocycles. The molecule has 1 saturated heterocycles. The normalized spacial score (nSPS) is 21.9. The van der Waals surface area contributed by atoms with E-state index in [0.717, 1.165) is 25.8 Å². The van der Waals surface area contributed by atoms with E-state index in [9.17, 15) is 4.79 Å². The van der Waals surface area contributed by atoms with E-state index in [4.69, 9.17) is 0 Å². The van der Waals surface area contributed by atoms with Gasteiger partial charge >= 0.3 is 0 Å². The molecule has 16 heavy (non-hydrogen) atoms. The first-order chi connectivity index (χ1) is 7.75. The van der Waals surface area contributed by atoms with Gasteiger partial charge in [0.2, 0.25) is 5.91 Å². The van der Waals surface area contributed by atoms with E-state index >= 15 is 0 Å². The van der Waals surface area contributed by atoms with Crippen molar-refractivity contribution in [1.29, 1.82) is 0 Å². The van der Waals surface area contributed by atoms with Crippen molar-refractivity contribution in [2.24, 2.45) is 0 Å². The van der Waals surface area contributed by atoms with E-state index in [2.05, 4.69) is 29.0 Å². The van der Waals surface area contributed by atoms with Crippen LogP contribution in [0.5, 0.6) is 0 Å². The quantitative estimate of drug-likeness (QED) is 0.835. The molecular formula is C12H18N2OS. The maximum atomic E-state index is 11.8. The van der Waals surface area contributed by atoms with Crippen molar-refractivity contribution in [3.05, 3.63) is 22.4 Å². The second-order valence-electron chi connectivity index (χ2n) is 4.34. The van der Waals surface area contributed by atoms with Crippen LogP contribution in [0.4, 0.5) is 0 Å². The molecule has 2 rings (SSSR count). The fraction of sp³-hybridized carbons (Fsp3) is 0.583. The number of carbonyl (C=O) groups excluding carboxylic acids is 1. The van der Waals surface area contributed by atoms with Crippen LogP contribution >= 0.6 is 11.3 Å². The second-order valence-corrected chi connectivity index (χ2v) is 5.37. The van der Waals surface area contributed by atoms with Crippen molar-refractivity contribution in [2.75, 3.05) is 6.54 Å². The van der Waals surface area contributed by atoms with Crippen LogP contribution in [0.3, 0.4) is 0 Å². The summed E-state index contributed by atoms with van der Waals surface area (Å²) >= 11 is 1.74. The number of carbonyl (C=O) groups is 1. The Morgan fingerprint density at radius 1 is 1.75 bits per heavy atom. The van der Waals surface area contributed by atoms with Crippen LogP contribution in [-0.4, -0.2) is 24.5 Å². The van der Waals surface area contributed by atoms with Gasteiger partial charge in [0.15, 0.2) is 0 Å². The number of nitrogens with one attached hydrogen (secondary N) is 2. The Labute approximate surface area is 100 Å². The van der Waals surface area contributed by atoms with Crippen LogP contribution in [0, 0.1) is 0 Å². The molecule has 3 nitrogen and oxygen atoms in total. The fourth-order valence-electron chi connectivity index (χ4n) is 2.03. The predicted octanol–water partition coefficient (Wildman–Crippen LogP) is 1.55. The van der Waals surface area contributed by atoms with Gasteiger partial charge in [-0.05, 0) is 37.8 Å². The van der Waals surface area contributed by atoms with Gasteiger partial charge in [-0.25, -0.2) is 0 Å². The molecule has 2 N–H and O–H groups in total. The SMILES string of the molecule is CC(Cc1cccs1)NC(=O)[C@@H]1CCCN1. The highest BCUT2D eigenvalue weighted by Gasteiger charge is 2.22. The number of rotatable bonds is 4. The molecule has 0 aromatic carbocycles. The zero-order valence-electron chi connectivity index (χ0n) is 9.53. The van der Waals surface area contributed by atoms with Crippen LogP contribution in [0.1, 0.15) is 24.6 Å². The number of hydrogen-bond acceptors (Lipinski definition) is 3. The average molecular weight is 238 g/mol. The first-order valence-electron chi connectivity index (χ1n) is 5.82. The summed E-state index contributed by atoms with van der Waals surface area (Å²) < 4.78 is 0. The van der Waals surface area contributed by atoms with Gasteiger partial charge in [0, 0.05) is 17.3 Å². The molecule has 0 saturated carbocycles. The lowest BCUT2D eigenvalue weighted by Gasteiger charge is -2.16. The molecular weight excluding hydrogens is 220 g/mol. The number of amides is 1. The highest BCUT2D eigenvalue weighted by atomic mass is 32.1. The van der Waals surface area contributed by atoms with Crippen LogP contribution in [0.15, 0.2) is 17.5 Å². The van der Waals surface area contributed by atoms with Gasteiger partial charge in [-0.3, -0.25) is 4.79 Å². The van der Waals surface area contributed by atoms with E-state index in [0.29, 0.717) is 0 Å². The number of thiophene rings is 1. The topological polar surface area (TPSA) is 41.1 Å². The molecule has 1 amide bonds. The van der Waals surface area contributed by atoms with E-state index in [-0.39, 0.29) is 18.0 Å². The molecule has 1 aromatic heterocycles. The number of hydrogen-bond donors (Lipinski definition) is 2. The highest BCUT2D eigenvalue weighted by Crippen LogP contribution is 2.11. The Morgan fingerprint density at radius 2 is 2.62 bits per heavy atom. The molecule has 2 atom stereocenters. The summed E-state index contributed by atoms with van der Waals surface area (Å²) in [4.78, 5) is 13.1. The molecule has 1 aromatic rings. The van der Waals surface area contributed by atoms with E-state index < -0.39 is 0 Å². The Morgan fingerprint density at radius 3 is 3.25 bits per heavy atom. The van der Waals surface area contributed by atoms with Crippen molar-refractivity contribution < 1.29 is 4.79 Å². The maximum Gasteiger partial charge on any atom is 0.237 e. The molecule has 0 radical (unpaired) electrons. The minimum atomic E-state index is 0.0331. The molecule has 0 bridgehead atoms. The summed E-state index contributed by atoms with van der Waals surface area (Å²) in [7, 11) is 0. The minimum absolute atomic E-state index is 0.0331. The molecule has 1 aliphatic rings. The van der Waals surface area contributed by atoms with Gasteiger partial charge in [-0.1, -0.05) is 6.07 Å². The van der Waals surface area contributed by atoms with Gasteiger partial charge in [0.1, 0.15) is 0 Å². The average Bonchev–Trinajstić information content (AvgIpc) is 2.88. The minimum Gasteiger partial charge on any atom is -0.352 e. The van der Waals surface area contributed by atoms with Crippen molar-refractivity contribution in [3.63, 3.8) is 0 Å². The van der Waals surface area contributed by atoms with Gasteiger partial charge < -0.3 is 10.6 Å². The maximum absolute atomic E-state index is 11.8. The lowest BCUT2D eigenvalue weighted by Crippen LogP contribution is -2.44. The third-order valence-electron chi connectivity index (χ3n) is 2.85. The monoisotopic (exact) mass is 238 g/mol. The lowest BCUT2D eigenvalue weighted by atomic mass is 10.1. The molecule has 1 fully saturated rings. The first-order valence-corrected chi connectivity index (χ1v) is 6.70. The Balaban J connectivity index is 1.78. The standard InChI is InChI=1S/C12H18N2OS/c1-9(8-10-4-3-7-16-10)14-12(15)11-5-2-6-13-11/h3-4,7,9,11,13H,2,5-6,8H2,1H3,(H,14,15)/t9?,11-/m0/s1. The first kappa shape index (κ1) is 11.6. The van der Waals surface area contributed by atoms with Gasteiger partial charge in [-0.2, -0.15) is 0 Å². The van der Waals surface area contributed by atoms with E-state index in [1.54, 1.807) is 11.3 Å². The Kier molecular flexibility index (Phi) is 3.96. The summed E-state index contributed by atoms with van der Waals surface area (Å²) in [5.74, 6) is 0.154. The van der Waals surface area contributed by atoms with Gasteiger partial charge in [-0.15, -0.1) is 11.3 Å².